The number of rotatable bonds is 13. The number of carbonyl (C=O) groups excluding carboxylic acids is 2. The predicted octanol–water partition coefficient (Wildman–Crippen LogP) is 5.49. The summed E-state index contributed by atoms with van der Waals surface area (Å²) in [5.41, 5.74) is 8.14. The fourth-order valence-electron chi connectivity index (χ4n) is 5.47. The summed E-state index contributed by atoms with van der Waals surface area (Å²) in [5, 5.41) is 0. The first-order valence-corrected chi connectivity index (χ1v) is 12.2. The molecule has 0 aliphatic heterocycles. The van der Waals surface area contributed by atoms with Gasteiger partial charge in [-0.1, -0.05) is 56.2 Å². The smallest absolute Gasteiger partial charge is 0.148 e. The topological polar surface area (TPSA) is 69.4 Å². The Balaban J connectivity index is 1.61. The van der Waals surface area contributed by atoms with Crippen LogP contribution in [0.5, 0.6) is 0 Å². The second kappa shape index (κ2) is 11.7. The van der Waals surface area contributed by atoms with E-state index in [9.17, 15) is 9.59 Å². The summed E-state index contributed by atoms with van der Waals surface area (Å²) >= 11 is 0. The van der Waals surface area contributed by atoms with E-state index in [0.717, 1.165) is 31.2 Å². The average Bonchev–Trinajstić information content (AvgIpc) is 3.01. The van der Waals surface area contributed by atoms with Crippen molar-refractivity contribution < 1.29 is 14.3 Å². The molecule has 2 saturated carbocycles. The third kappa shape index (κ3) is 6.36. The molecule has 170 valence electrons. The third-order valence-electron chi connectivity index (χ3n) is 7.18. The molecule has 2 fully saturated rings. The zero-order chi connectivity index (χ0) is 22.1. The average molecular weight is 426 g/mol. The summed E-state index contributed by atoms with van der Waals surface area (Å²) in [6, 6.07) is 8.54. The minimum Gasteiger partial charge on any atom is -0.367 e. The predicted molar refractivity (Wildman–Crippen MR) is 125 cm³/mol. The van der Waals surface area contributed by atoms with Crippen LogP contribution in [0.3, 0.4) is 0 Å². The third-order valence-corrected chi connectivity index (χ3v) is 7.18. The zero-order valence-electron chi connectivity index (χ0n) is 19.1. The van der Waals surface area contributed by atoms with Gasteiger partial charge in [0.2, 0.25) is 0 Å². The highest BCUT2D eigenvalue weighted by Gasteiger charge is 2.42. The molecule has 0 aromatic heterocycles. The van der Waals surface area contributed by atoms with E-state index in [0.29, 0.717) is 18.4 Å². The Morgan fingerprint density at radius 3 is 2.71 bits per heavy atom. The lowest BCUT2D eigenvalue weighted by molar-refractivity contribution is -0.122. The Morgan fingerprint density at radius 1 is 1.16 bits per heavy atom. The number of nitrogens with two attached hydrogens (primary N) is 1. The van der Waals surface area contributed by atoms with Crippen LogP contribution in [0.25, 0.3) is 0 Å². The van der Waals surface area contributed by atoms with Gasteiger partial charge in [-0.2, -0.15) is 0 Å². The molecule has 2 N–H and O–H groups in total. The van der Waals surface area contributed by atoms with Gasteiger partial charge in [0, 0.05) is 12.5 Å². The Hall–Kier alpha value is -1.78. The highest BCUT2D eigenvalue weighted by Crippen LogP contribution is 2.47. The van der Waals surface area contributed by atoms with Crippen molar-refractivity contribution >= 4 is 11.6 Å². The van der Waals surface area contributed by atoms with E-state index in [2.05, 4.69) is 37.3 Å². The molecule has 0 radical (unpaired) electrons. The van der Waals surface area contributed by atoms with Crippen molar-refractivity contribution in [2.45, 2.75) is 83.5 Å². The minimum atomic E-state index is -0.279. The standard InChI is InChI=1S/C27H39NO3/c1-2-13-27(14-9-15-27)19-21-10-8-11-22(17-21)26-23(24(29)18-25(26)30)12-6-4-3-5-7-16-31-20-28/h4,6,8,10-11,17,23,26H,2-3,5,7,9,12-16,18-20,28H2,1H3/b6-4-/t23-,26+/m0/s1. The van der Waals surface area contributed by atoms with E-state index in [1.807, 2.05) is 6.07 Å². The quantitative estimate of drug-likeness (QED) is 0.196. The second-order valence-electron chi connectivity index (χ2n) is 9.50. The Labute approximate surface area is 187 Å². The maximum atomic E-state index is 12.7. The first-order chi connectivity index (χ1) is 15.1. The molecular weight excluding hydrogens is 386 g/mol. The second-order valence-corrected chi connectivity index (χ2v) is 9.50. The number of ether oxygens (including phenoxy) is 1. The number of allylic oxidation sites excluding steroid dienone is 2. The van der Waals surface area contributed by atoms with Crippen molar-refractivity contribution in [3.05, 3.63) is 47.5 Å². The van der Waals surface area contributed by atoms with Gasteiger partial charge in [-0.3, -0.25) is 9.59 Å². The lowest BCUT2D eigenvalue weighted by Gasteiger charge is -2.42. The van der Waals surface area contributed by atoms with Crippen LogP contribution < -0.4 is 5.73 Å². The van der Waals surface area contributed by atoms with E-state index >= 15 is 0 Å². The summed E-state index contributed by atoms with van der Waals surface area (Å²) in [6.07, 6.45) is 15.5. The molecule has 1 aromatic carbocycles. The van der Waals surface area contributed by atoms with Gasteiger partial charge in [0.1, 0.15) is 11.6 Å². The van der Waals surface area contributed by atoms with Crippen molar-refractivity contribution in [3.63, 3.8) is 0 Å². The minimum absolute atomic E-state index is 0.0869. The molecular formula is C27H39NO3. The highest BCUT2D eigenvalue weighted by atomic mass is 16.5. The van der Waals surface area contributed by atoms with Crippen molar-refractivity contribution in [3.8, 4) is 0 Å². The van der Waals surface area contributed by atoms with Crippen molar-refractivity contribution in [2.75, 3.05) is 13.3 Å². The maximum Gasteiger partial charge on any atom is 0.148 e. The van der Waals surface area contributed by atoms with Gasteiger partial charge in [0.25, 0.3) is 0 Å². The SMILES string of the molecule is CCCC1(Cc2cccc([C@H]3C(=O)CC(=O)[C@@H]3C/C=C\CCCCOCN)c2)CCC1. The van der Waals surface area contributed by atoms with Crippen LogP contribution in [-0.4, -0.2) is 24.9 Å². The van der Waals surface area contributed by atoms with Gasteiger partial charge in [-0.05, 0) is 67.9 Å². The maximum absolute atomic E-state index is 12.7. The van der Waals surface area contributed by atoms with Crippen molar-refractivity contribution in [2.24, 2.45) is 17.1 Å². The molecule has 2 aliphatic carbocycles. The molecule has 1 aromatic rings. The summed E-state index contributed by atoms with van der Waals surface area (Å²) in [7, 11) is 0. The van der Waals surface area contributed by atoms with E-state index in [4.69, 9.17) is 10.5 Å². The van der Waals surface area contributed by atoms with Gasteiger partial charge in [-0.15, -0.1) is 0 Å². The molecule has 0 spiro atoms. The van der Waals surface area contributed by atoms with Crippen LogP contribution in [0, 0.1) is 11.3 Å². The van der Waals surface area contributed by atoms with Crippen LogP contribution in [0.1, 0.15) is 88.2 Å². The lowest BCUT2D eigenvalue weighted by Crippen LogP contribution is -2.31. The van der Waals surface area contributed by atoms with Crippen LogP contribution >= 0.6 is 0 Å². The van der Waals surface area contributed by atoms with Crippen molar-refractivity contribution in [1.29, 1.82) is 0 Å². The van der Waals surface area contributed by atoms with Gasteiger partial charge < -0.3 is 10.5 Å². The van der Waals surface area contributed by atoms with Crippen molar-refractivity contribution in [1.82, 2.24) is 0 Å². The molecule has 31 heavy (non-hydrogen) atoms. The van der Waals surface area contributed by atoms with E-state index in [1.165, 1.54) is 37.7 Å². The fourth-order valence-corrected chi connectivity index (χ4v) is 5.47. The molecule has 4 heteroatoms. The summed E-state index contributed by atoms with van der Waals surface area (Å²) < 4.78 is 5.15. The molecule has 0 unspecified atom stereocenters. The molecule has 0 amide bonds. The Bertz CT molecular complexity index is 765. The number of carbonyl (C=O) groups is 2. The number of benzene rings is 1. The molecule has 2 atom stereocenters. The van der Waals surface area contributed by atoms with E-state index in [-0.39, 0.29) is 36.6 Å². The van der Waals surface area contributed by atoms with Gasteiger partial charge >= 0.3 is 0 Å². The molecule has 0 bridgehead atoms. The first kappa shape index (κ1) is 23.9. The number of hydrogen-bond acceptors (Lipinski definition) is 4. The summed E-state index contributed by atoms with van der Waals surface area (Å²) in [4.78, 5) is 25.3. The molecule has 2 aliphatic rings. The molecule has 0 saturated heterocycles. The molecule has 0 heterocycles. The van der Waals surface area contributed by atoms with Crippen LogP contribution in [-0.2, 0) is 20.7 Å². The normalized spacial score (nSPS) is 22.9. The molecule has 3 rings (SSSR count). The fraction of sp³-hybridized carbons (Fsp3) is 0.630. The van der Waals surface area contributed by atoms with Gasteiger partial charge in [0.15, 0.2) is 0 Å². The number of unbranched alkanes of at least 4 members (excludes halogenated alkanes) is 2. The number of hydrogen-bond donors (Lipinski definition) is 1. The number of Topliss-reactive ketones (excluding diaryl/α,β-unsaturated/α-hetero) is 2. The van der Waals surface area contributed by atoms with Gasteiger partial charge in [-0.25, -0.2) is 0 Å². The lowest BCUT2D eigenvalue weighted by atomic mass is 9.63. The van der Waals surface area contributed by atoms with E-state index < -0.39 is 0 Å². The largest absolute Gasteiger partial charge is 0.367 e. The first-order valence-electron chi connectivity index (χ1n) is 12.2. The monoisotopic (exact) mass is 425 g/mol. The van der Waals surface area contributed by atoms with Crippen LogP contribution in [0.4, 0.5) is 0 Å². The summed E-state index contributed by atoms with van der Waals surface area (Å²) in [6.45, 7) is 3.24. The summed E-state index contributed by atoms with van der Waals surface area (Å²) in [5.74, 6) is -0.305. The number of ketones is 2. The van der Waals surface area contributed by atoms with Crippen LogP contribution in [0.2, 0.25) is 0 Å². The van der Waals surface area contributed by atoms with Gasteiger partial charge in [0.05, 0.1) is 19.1 Å². The molecule has 4 nitrogen and oxygen atoms in total. The highest BCUT2D eigenvalue weighted by molar-refractivity contribution is 6.11. The van der Waals surface area contributed by atoms with Crippen LogP contribution in [0.15, 0.2) is 36.4 Å². The Morgan fingerprint density at radius 2 is 2.00 bits per heavy atom. The zero-order valence-corrected chi connectivity index (χ0v) is 19.1. The van der Waals surface area contributed by atoms with E-state index in [1.54, 1.807) is 0 Å². The Kier molecular flexibility index (Phi) is 9.03.